The predicted octanol–water partition coefficient (Wildman–Crippen LogP) is 4.94. The number of anilines is 1. The van der Waals surface area contributed by atoms with Gasteiger partial charge in [-0.3, -0.25) is 9.69 Å². The van der Waals surface area contributed by atoms with Crippen LogP contribution in [-0.2, 0) is 11.2 Å². The Balaban J connectivity index is 1.91. The summed E-state index contributed by atoms with van der Waals surface area (Å²) in [6.07, 6.45) is 2.86. The molecular formula is C22H25N3OS. The third kappa shape index (κ3) is 4.25. The Labute approximate surface area is 165 Å². The van der Waals surface area contributed by atoms with Crippen molar-refractivity contribution in [3.8, 4) is 0 Å². The number of carbonyl (C=O) groups excluding carboxylic acids is 1. The lowest BCUT2D eigenvalue weighted by Gasteiger charge is -2.13. The van der Waals surface area contributed by atoms with Crippen LogP contribution in [0.5, 0.6) is 0 Å². The van der Waals surface area contributed by atoms with Crippen LogP contribution in [0.1, 0.15) is 25.0 Å². The monoisotopic (exact) mass is 379 g/mol. The maximum absolute atomic E-state index is 12.8. The fraction of sp³-hybridized carbons (Fsp3) is 0.273. The zero-order valence-electron chi connectivity index (χ0n) is 16.3. The molecule has 0 unspecified atom stereocenters. The second-order valence-corrected chi connectivity index (χ2v) is 7.53. The number of amides is 1. The van der Waals surface area contributed by atoms with Gasteiger partial charge in [0.25, 0.3) is 5.91 Å². The van der Waals surface area contributed by atoms with Crippen LogP contribution in [-0.4, -0.2) is 36.6 Å². The van der Waals surface area contributed by atoms with Gasteiger partial charge in [0.2, 0.25) is 0 Å². The first kappa shape index (κ1) is 19.2. The molecule has 1 heterocycles. The van der Waals surface area contributed by atoms with Gasteiger partial charge in [0, 0.05) is 26.3 Å². The molecule has 4 nitrogen and oxygen atoms in total. The first-order valence-electron chi connectivity index (χ1n) is 9.18. The van der Waals surface area contributed by atoms with Crippen LogP contribution in [0.15, 0.2) is 58.4 Å². The maximum Gasteiger partial charge on any atom is 0.266 e. The van der Waals surface area contributed by atoms with Gasteiger partial charge in [0.15, 0.2) is 5.17 Å². The number of aryl methyl sites for hydroxylation is 1. The lowest BCUT2D eigenvalue weighted by atomic mass is 10.1. The van der Waals surface area contributed by atoms with E-state index >= 15 is 0 Å². The number of rotatable bonds is 5. The maximum atomic E-state index is 12.8. The highest BCUT2D eigenvalue weighted by Gasteiger charge is 2.32. The lowest BCUT2D eigenvalue weighted by molar-refractivity contribution is -0.122. The van der Waals surface area contributed by atoms with Gasteiger partial charge in [-0.2, -0.15) is 0 Å². The van der Waals surface area contributed by atoms with E-state index < -0.39 is 0 Å². The van der Waals surface area contributed by atoms with Gasteiger partial charge < -0.3 is 4.90 Å². The minimum atomic E-state index is 0.0203. The number of likely N-dealkylation sites (N-methyl/N-ethyl adjacent to an activating group) is 1. The summed E-state index contributed by atoms with van der Waals surface area (Å²) < 4.78 is 0. The van der Waals surface area contributed by atoms with Crippen LogP contribution in [0.4, 0.5) is 11.4 Å². The molecule has 140 valence electrons. The molecule has 27 heavy (non-hydrogen) atoms. The average Bonchev–Trinajstić information content (AvgIpc) is 2.97. The molecule has 1 saturated heterocycles. The molecule has 2 aromatic rings. The summed E-state index contributed by atoms with van der Waals surface area (Å²) in [5.41, 5.74) is 4.27. The number of aliphatic imine (C=N–C) groups is 1. The van der Waals surface area contributed by atoms with Crippen LogP contribution in [0.3, 0.4) is 0 Å². The molecule has 1 aliphatic heterocycles. The van der Waals surface area contributed by atoms with E-state index in [1.165, 1.54) is 17.3 Å². The zero-order valence-corrected chi connectivity index (χ0v) is 17.1. The van der Waals surface area contributed by atoms with Crippen molar-refractivity contribution >= 4 is 40.3 Å². The van der Waals surface area contributed by atoms with Crippen molar-refractivity contribution in [2.45, 2.75) is 20.3 Å². The quantitative estimate of drug-likeness (QED) is 0.691. The third-order valence-electron chi connectivity index (χ3n) is 4.50. The summed E-state index contributed by atoms with van der Waals surface area (Å²) in [5.74, 6) is 0.0203. The predicted molar refractivity (Wildman–Crippen MR) is 117 cm³/mol. The Hall–Kier alpha value is -2.53. The highest BCUT2D eigenvalue weighted by Crippen LogP contribution is 2.34. The highest BCUT2D eigenvalue weighted by molar-refractivity contribution is 8.18. The number of hydrogen-bond acceptors (Lipinski definition) is 4. The van der Waals surface area contributed by atoms with E-state index in [-0.39, 0.29) is 5.91 Å². The molecule has 1 aliphatic rings. The summed E-state index contributed by atoms with van der Waals surface area (Å²) in [4.78, 5) is 22.1. The number of hydrogen-bond donors (Lipinski definition) is 0. The van der Waals surface area contributed by atoms with E-state index in [4.69, 9.17) is 4.99 Å². The van der Waals surface area contributed by atoms with Gasteiger partial charge >= 0.3 is 0 Å². The third-order valence-corrected chi connectivity index (χ3v) is 5.51. The van der Waals surface area contributed by atoms with Crippen LogP contribution in [0, 0.1) is 0 Å². The Morgan fingerprint density at radius 1 is 1.07 bits per heavy atom. The lowest BCUT2D eigenvalue weighted by Crippen LogP contribution is -2.28. The smallest absolute Gasteiger partial charge is 0.266 e. The van der Waals surface area contributed by atoms with Crippen molar-refractivity contribution in [1.29, 1.82) is 0 Å². The number of benzene rings is 2. The molecule has 3 rings (SSSR count). The first-order chi connectivity index (χ1) is 13.0. The molecule has 0 N–H and O–H groups in total. The molecule has 0 aliphatic carbocycles. The van der Waals surface area contributed by atoms with E-state index in [1.54, 1.807) is 4.90 Å². The normalized spacial score (nSPS) is 17.2. The van der Waals surface area contributed by atoms with E-state index in [9.17, 15) is 4.79 Å². The van der Waals surface area contributed by atoms with Crippen molar-refractivity contribution in [1.82, 2.24) is 4.90 Å². The van der Waals surface area contributed by atoms with Crippen LogP contribution in [0.2, 0.25) is 0 Å². The fourth-order valence-corrected chi connectivity index (χ4v) is 3.97. The largest absolute Gasteiger partial charge is 0.378 e. The SMILES string of the molecule is CCc1ccccc1N=C1SC(=Cc2ccc(N(C)C)cc2)C(=O)N1CC. The second kappa shape index (κ2) is 8.44. The van der Waals surface area contributed by atoms with Gasteiger partial charge in [-0.25, -0.2) is 4.99 Å². The first-order valence-corrected chi connectivity index (χ1v) is 10.0. The Bertz CT molecular complexity index is 885. The van der Waals surface area contributed by atoms with Crippen molar-refractivity contribution in [3.05, 3.63) is 64.6 Å². The summed E-state index contributed by atoms with van der Waals surface area (Å²) in [6, 6.07) is 16.3. The molecule has 0 atom stereocenters. The van der Waals surface area contributed by atoms with E-state index in [2.05, 4.69) is 30.0 Å². The Morgan fingerprint density at radius 3 is 2.41 bits per heavy atom. The number of nitrogens with zero attached hydrogens (tertiary/aromatic N) is 3. The van der Waals surface area contributed by atoms with Crippen LogP contribution in [0.25, 0.3) is 6.08 Å². The van der Waals surface area contributed by atoms with Crippen LogP contribution < -0.4 is 4.90 Å². The summed E-state index contributed by atoms with van der Waals surface area (Å²) in [6.45, 7) is 4.71. The van der Waals surface area contributed by atoms with Gasteiger partial charge in [0.05, 0.1) is 10.6 Å². The fourth-order valence-electron chi connectivity index (χ4n) is 2.91. The van der Waals surface area contributed by atoms with Crippen LogP contribution >= 0.6 is 11.8 Å². The molecule has 0 aromatic heterocycles. The van der Waals surface area contributed by atoms with E-state index in [0.717, 1.165) is 28.5 Å². The molecule has 2 aromatic carbocycles. The second-order valence-electron chi connectivity index (χ2n) is 6.52. The van der Waals surface area contributed by atoms with Crippen molar-refractivity contribution in [2.75, 3.05) is 25.5 Å². The van der Waals surface area contributed by atoms with Gasteiger partial charge in [0.1, 0.15) is 0 Å². The summed E-state index contributed by atoms with van der Waals surface area (Å²) in [5, 5.41) is 0.750. The number of para-hydroxylation sites is 1. The number of carbonyl (C=O) groups is 1. The zero-order chi connectivity index (χ0) is 19.4. The molecule has 0 spiro atoms. The van der Waals surface area contributed by atoms with Gasteiger partial charge in [-0.15, -0.1) is 0 Å². The molecule has 0 saturated carbocycles. The summed E-state index contributed by atoms with van der Waals surface area (Å²) >= 11 is 1.45. The summed E-state index contributed by atoms with van der Waals surface area (Å²) in [7, 11) is 4.03. The van der Waals surface area contributed by atoms with E-state index in [1.807, 2.05) is 57.4 Å². The molecule has 1 fully saturated rings. The molecule has 1 amide bonds. The molecule has 0 bridgehead atoms. The van der Waals surface area contributed by atoms with Crippen molar-refractivity contribution in [3.63, 3.8) is 0 Å². The standard InChI is InChI=1S/C22H25N3OS/c1-5-17-9-7-8-10-19(17)23-22-25(6-2)21(26)20(27-22)15-16-11-13-18(14-12-16)24(3)4/h7-15H,5-6H2,1-4H3. The minimum Gasteiger partial charge on any atom is -0.378 e. The van der Waals surface area contributed by atoms with Crippen molar-refractivity contribution in [2.24, 2.45) is 4.99 Å². The topological polar surface area (TPSA) is 35.9 Å². The van der Waals surface area contributed by atoms with Gasteiger partial charge in [-0.1, -0.05) is 37.3 Å². The molecule has 5 heteroatoms. The minimum absolute atomic E-state index is 0.0203. The number of thioether (sulfide) groups is 1. The van der Waals surface area contributed by atoms with E-state index in [0.29, 0.717) is 11.4 Å². The molecule has 0 radical (unpaired) electrons. The Kier molecular flexibility index (Phi) is 6.01. The Morgan fingerprint density at radius 2 is 1.78 bits per heavy atom. The highest BCUT2D eigenvalue weighted by atomic mass is 32.2. The molecular weight excluding hydrogens is 354 g/mol. The van der Waals surface area contributed by atoms with Gasteiger partial charge in [-0.05, 0) is 60.5 Å². The average molecular weight is 380 g/mol. The number of amidine groups is 1. The van der Waals surface area contributed by atoms with Crippen molar-refractivity contribution < 1.29 is 4.79 Å².